The predicted molar refractivity (Wildman–Crippen MR) is 185 cm³/mol. The minimum Gasteiger partial charge on any atom is -0.453 e. The minimum absolute atomic E-state index is 0.194. The molecule has 3 amide bonds. The average molecular weight is 658 g/mol. The lowest BCUT2D eigenvalue weighted by atomic mass is 9.99. The number of amides is 3. The van der Waals surface area contributed by atoms with E-state index in [9.17, 15) is 19.5 Å². The number of anilines is 1. The molecule has 1 aromatic heterocycles. The summed E-state index contributed by atoms with van der Waals surface area (Å²) in [6, 6.07) is 21.1. The van der Waals surface area contributed by atoms with Gasteiger partial charge in [0.1, 0.15) is 5.01 Å². The molecule has 10 nitrogen and oxygen atoms in total. The number of hydrogen-bond acceptors (Lipinski definition) is 8. The Hall–Kier alpha value is -4.58. The van der Waals surface area contributed by atoms with Crippen LogP contribution in [-0.2, 0) is 17.7 Å². The van der Waals surface area contributed by atoms with E-state index in [1.54, 1.807) is 24.3 Å². The Labute approximate surface area is 280 Å². The van der Waals surface area contributed by atoms with E-state index in [1.807, 2.05) is 61.7 Å². The molecule has 1 heterocycles. The number of rotatable bonds is 14. The van der Waals surface area contributed by atoms with Gasteiger partial charge in [-0.2, -0.15) is 0 Å². The molecule has 0 aliphatic carbocycles. The summed E-state index contributed by atoms with van der Waals surface area (Å²) >= 11 is 1.48. The highest BCUT2D eigenvalue weighted by molar-refractivity contribution is 7.09. The summed E-state index contributed by atoms with van der Waals surface area (Å²) in [5.41, 5.74) is 5.11. The van der Waals surface area contributed by atoms with Gasteiger partial charge in [0.25, 0.3) is 11.8 Å². The van der Waals surface area contributed by atoms with Crippen LogP contribution in [0, 0.1) is 6.92 Å². The first kappa shape index (κ1) is 35.3. The molecule has 0 aliphatic heterocycles. The van der Waals surface area contributed by atoms with E-state index in [0.29, 0.717) is 29.8 Å². The van der Waals surface area contributed by atoms with Gasteiger partial charge < -0.3 is 25.8 Å². The number of hydrogen-bond donors (Lipinski definition) is 5. The highest BCUT2D eigenvalue weighted by Gasteiger charge is 2.23. The fourth-order valence-electron chi connectivity index (χ4n) is 5.02. The predicted octanol–water partition coefficient (Wildman–Crippen LogP) is 5.74. The molecule has 3 aromatic carbocycles. The maximum atomic E-state index is 13.5. The first-order chi connectivity index (χ1) is 22.5. The van der Waals surface area contributed by atoms with Crippen LogP contribution in [0.3, 0.4) is 0 Å². The number of aliphatic hydroxyl groups excluding tert-OH is 1. The van der Waals surface area contributed by atoms with E-state index in [1.165, 1.54) is 18.4 Å². The number of aromatic nitrogens is 1. The highest BCUT2D eigenvalue weighted by atomic mass is 32.1. The van der Waals surface area contributed by atoms with Crippen molar-refractivity contribution in [3.63, 3.8) is 0 Å². The molecule has 4 aromatic rings. The standard InChI is InChI=1S/C36H43N5O5S/c1-22(2)29-14-26(15-30(18-29)40-36(45)46-5)19-37-20-32(42)31(16-25-10-7-6-8-11-25)41-34(44)28-13-9-12-27(17-28)33(43)39-24(4)35-38-23(3)21-47-35/h6-15,17-18,21-22,24,31-32,37,42H,16,19-20H2,1-5H3,(H,39,43)(H,40,45)(H,41,44). The second-order valence-electron chi connectivity index (χ2n) is 11.8. The van der Waals surface area contributed by atoms with Crippen molar-refractivity contribution in [3.05, 3.63) is 117 Å². The SMILES string of the molecule is COC(=O)Nc1cc(CNCC(O)C(Cc2ccccc2)NC(=O)c2cccc(C(=O)NC(C)c3nc(C)cs3)c2)cc(C(C)C)c1. The van der Waals surface area contributed by atoms with Gasteiger partial charge >= 0.3 is 6.09 Å². The van der Waals surface area contributed by atoms with Gasteiger partial charge in [-0.3, -0.25) is 14.9 Å². The number of thiazole rings is 1. The monoisotopic (exact) mass is 657 g/mol. The maximum Gasteiger partial charge on any atom is 0.411 e. The molecule has 0 fully saturated rings. The van der Waals surface area contributed by atoms with E-state index in [2.05, 4.69) is 46.2 Å². The Morgan fingerprint density at radius 2 is 1.60 bits per heavy atom. The van der Waals surface area contributed by atoms with Crippen LogP contribution in [0.1, 0.15) is 80.8 Å². The maximum absolute atomic E-state index is 13.5. The lowest BCUT2D eigenvalue weighted by molar-refractivity contribution is 0.0830. The number of aliphatic hydroxyl groups is 1. The smallest absolute Gasteiger partial charge is 0.411 e. The Kier molecular flexibility index (Phi) is 12.6. The highest BCUT2D eigenvalue weighted by Crippen LogP contribution is 2.22. The topological polar surface area (TPSA) is 142 Å². The van der Waals surface area contributed by atoms with Crippen molar-refractivity contribution in [2.45, 2.75) is 64.8 Å². The number of carbonyl (C=O) groups excluding carboxylic acids is 3. The zero-order valence-electron chi connectivity index (χ0n) is 27.4. The van der Waals surface area contributed by atoms with Crippen LogP contribution in [-0.4, -0.2) is 53.8 Å². The van der Waals surface area contributed by atoms with E-state index < -0.39 is 24.1 Å². The van der Waals surface area contributed by atoms with Gasteiger partial charge in [-0.1, -0.05) is 56.3 Å². The number of nitrogens with zero attached hydrogens (tertiary/aromatic N) is 1. The quantitative estimate of drug-likeness (QED) is 0.117. The van der Waals surface area contributed by atoms with Crippen molar-refractivity contribution in [2.24, 2.45) is 0 Å². The molecule has 4 rings (SSSR count). The zero-order valence-corrected chi connectivity index (χ0v) is 28.2. The fourth-order valence-corrected chi connectivity index (χ4v) is 5.82. The largest absolute Gasteiger partial charge is 0.453 e. The van der Waals surface area contributed by atoms with Crippen LogP contribution in [0.15, 0.2) is 78.2 Å². The summed E-state index contributed by atoms with van der Waals surface area (Å²) < 4.78 is 4.74. The minimum atomic E-state index is -0.936. The number of carbonyl (C=O) groups is 3. The normalized spacial score (nSPS) is 13.0. The molecule has 47 heavy (non-hydrogen) atoms. The first-order valence-electron chi connectivity index (χ1n) is 15.6. The van der Waals surface area contributed by atoms with E-state index in [0.717, 1.165) is 27.4 Å². The number of ether oxygens (including phenoxy) is 1. The van der Waals surface area contributed by atoms with Crippen molar-refractivity contribution in [2.75, 3.05) is 19.0 Å². The van der Waals surface area contributed by atoms with E-state index in [4.69, 9.17) is 4.74 Å². The summed E-state index contributed by atoms with van der Waals surface area (Å²) in [5, 5.41) is 26.0. The van der Waals surface area contributed by atoms with Gasteiger partial charge in [0.2, 0.25) is 0 Å². The van der Waals surface area contributed by atoms with Crippen LogP contribution < -0.4 is 21.3 Å². The second-order valence-corrected chi connectivity index (χ2v) is 12.7. The van der Waals surface area contributed by atoms with E-state index >= 15 is 0 Å². The van der Waals surface area contributed by atoms with Crippen LogP contribution in [0.5, 0.6) is 0 Å². The van der Waals surface area contributed by atoms with Crippen molar-refractivity contribution in [1.82, 2.24) is 20.9 Å². The molecule has 0 saturated carbocycles. The lowest BCUT2D eigenvalue weighted by Crippen LogP contribution is -2.48. The molecule has 0 bridgehead atoms. The summed E-state index contributed by atoms with van der Waals surface area (Å²) in [4.78, 5) is 42.8. The average Bonchev–Trinajstić information content (AvgIpc) is 3.51. The van der Waals surface area contributed by atoms with Gasteiger partial charge in [0.05, 0.1) is 25.3 Å². The number of methoxy groups -OCH3 is 1. The molecule has 5 N–H and O–H groups in total. The summed E-state index contributed by atoms with van der Waals surface area (Å²) in [6.07, 6.45) is -1.09. The third-order valence-corrected chi connectivity index (χ3v) is 8.76. The van der Waals surface area contributed by atoms with Crippen LogP contribution >= 0.6 is 11.3 Å². The molecule has 0 spiro atoms. The fraction of sp³-hybridized carbons (Fsp3) is 0.333. The van der Waals surface area contributed by atoms with Crippen LogP contribution in [0.25, 0.3) is 0 Å². The molecule has 3 atom stereocenters. The van der Waals surface area contributed by atoms with E-state index in [-0.39, 0.29) is 24.4 Å². The first-order valence-corrected chi connectivity index (χ1v) is 16.5. The Balaban J connectivity index is 1.44. The molecule has 0 radical (unpaired) electrons. The molecular weight excluding hydrogens is 614 g/mol. The Morgan fingerprint density at radius 3 is 2.23 bits per heavy atom. The van der Waals surface area contributed by atoms with Gasteiger partial charge in [0, 0.05) is 41.0 Å². The number of nitrogens with one attached hydrogen (secondary N) is 4. The third kappa shape index (κ3) is 10.5. The van der Waals surface area contributed by atoms with Crippen LogP contribution in [0.2, 0.25) is 0 Å². The molecule has 11 heteroatoms. The zero-order chi connectivity index (χ0) is 33.9. The van der Waals surface area contributed by atoms with Crippen molar-refractivity contribution in [1.29, 1.82) is 0 Å². The van der Waals surface area contributed by atoms with Crippen molar-refractivity contribution < 1.29 is 24.2 Å². The lowest BCUT2D eigenvalue weighted by Gasteiger charge is -2.25. The number of benzene rings is 3. The molecule has 248 valence electrons. The van der Waals surface area contributed by atoms with Gasteiger partial charge in [-0.15, -0.1) is 11.3 Å². The van der Waals surface area contributed by atoms with Gasteiger partial charge in [0.15, 0.2) is 0 Å². The Morgan fingerprint density at radius 1 is 0.894 bits per heavy atom. The third-order valence-electron chi connectivity index (χ3n) is 7.62. The van der Waals surface area contributed by atoms with Gasteiger partial charge in [-0.25, -0.2) is 9.78 Å². The Bertz CT molecular complexity index is 1660. The van der Waals surface area contributed by atoms with Crippen LogP contribution in [0.4, 0.5) is 10.5 Å². The molecule has 0 aliphatic rings. The summed E-state index contributed by atoms with van der Waals surface area (Å²) in [6.45, 7) is 8.54. The van der Waals surface area contributed by atoms with Gasteiger partial charge in [-0.05, 0) is 73.2 Å². The molecule has 0 saturated heterocycles. The second kappa shape index (κ2) is 16.8. The molecular formula is C36H43N5O5S. The van der Waals surface area contributed by atoms with Crippen molar-refractivity contribution >= 4 is 34.9 Å². The van der Waals surface area contributed by atoms with Crippen molar-refractivity contribution in [3.8, 4) is 0 Å². The summed E-state index contributed by atoms with van der Waals surface area (Å²) in [5.74, 6) is -0.470. The molecule has 3 unspecified atom stereocenters. The summed E-state index contributed by atoms with van der Waals surface area (Å²) in [7, 11) is 1.32. The number of aryl methyl sites for hydroxylation is 1.